The van der Waals surface area contributed by atoms with Crippen LogP contribution >= 0.6 is 0 Å². The number of primary amides is 1. The van der Waals surface area contributed by atoms with Crippen molar-refractivity contribution in [3.63, 3.8) is 0 Å². The van der Waals surface area contributed by atoms with Crippen molar-refractivity contribution in [2.45, 2.75) is 13.5 Å². The molecule has 0 aliphatic rings. The van der Waals surface area contributed by atoms with Crippen LogP contribution in [0.5, 0.6) is 5.75 Å². The Bertz CT molecular complexity index is 758. The molecule has 1 heterocycles. The molecule has 7 heteroatoms. The van der Waals surface area contributed by atoms with Gasteiger partial charge < -0.3 is 15.2 Å². The number of ether oxygens (including phenoxy) is 2. The maximum atomic E-state index is 12.1. The van der Waals surface area contributed by atoms with E-state index in [0.717, 1.165) is 0 Å². The predicted octanol–water partition coefficient (Wildman–Crippen LogP) is 1.46. The quantitative estimate of drug-likeness (QED) is 0.661. The molecule has 0 radical (unpaired) electrons. The lowest BCUT2D eigenvalue weighted by Gasteiger charge is -2.10. The Hall–Kier alpha value is -3.22. The van der Waals surface area contributed by atoms with Crippen LogP contribution in [-0.2, 0) is 16.1 Å². The van der Waals surface area contributed by atoms with Crippen molar-refractivity contribution in [3.8, 4) is 5.75 Å². The third-order valence-corrected chi connectivity index (χ3v) is 2.86. The average molecular weight is 314 g/mol. The highest BCUT2D eigenvalue weighted by Crippen LogP contribution is 2.20. The van der Waals surface area contributed by atoms with Gasteiger partial charge >= 0.3 is 11.9 Å². The van der Waals surface area contributed by atoms with Crippen LogP contribution in [0.25, 0.3) is 0 Å². The smallest absolute Gasteiger partial charge is 0.342 e. The van der Waals surface area contributed by atoms with Gasteiger partial charge in [0.25, 0.3) is 5.91 Å². The zero-order chi connectivity index (χ0) is 16.8. The molecule has 0 saturated heterocycles. The summed E-state index contributed by atoms with van der Waals surface area (Å²) in [5.41, 5.74) is 5.75. The highest BCUT2D eigenvalue weighted by atomic mass is 16.5. The number of carbonyl (C=O) groups is 3. The number of aromatic nitrogens is 1. The van der Waals surface area contributed by atoms with E-state index >= 15 is 0 Å². The molecule has 2 N–H and O–H groups in total. The Kier molecular flexibility index (Phi) is 5.03. The minimum atomic E-state index is -0.706. The highest BCUT2D eigenvalue weighted by Gasteiger charge is 2.17. The molecule has 2 rings (SSSR count). The summed E-state index contributed by atoms with van der Waals surface area (Å²) < 4.78 is 10.1. The molecule has 0 aliphatic carbocycles. The third-order valence-electron chi connectivity index (χ3n) is 2.86. The summed E-state index contributed by atoms with van der Waals surface area (Å²) in [5, 5.41) is 0. The van der Waals surface area contributed by atoms with Gasteiger partial charge in [-0.3, -0.25) is 14.6 Å². The van der Waals surface area contributed by atoms with E-state index in [2.05, 4.69) is 4.98 Å². The first kappa shape index (κ1) is 16.2. The Morgan fingerprint density at radius 2 is 1.78 bits per heavy atom. The van der Waals surface area contributed by atoms with Crippen molar-refractivity contribution in [1.82, 2.24) is 4.98 Å². The van der Waals surface area contributed by atoms with Crippen LogP contribution < -0.4 is 10.5 Å². The van der Waals surface area contributed by atoms with Crippen LogP contribution in [0.1, 0.15) is 33.3 Å². The fraction of sp³-hybridized carbons (Fsp3) is 0.125. The molecule has 0 spiro atoms. The number of nitrogens with two attached hydrogens (primary N) is 1. The SMILES string of the molecule is CC(=O)Oc1ccccc1C(=O)OCc1ncccc1C(N)=O. The van der Waals surface area contributed by atoms with E-state index in [1.165, 1.54) is 31.3 Å². The fourth-order valence-corrected chi connectivity index (χ4v) is 1.87. The van der Waals surface area contributed by atoms with Gasteiger partial charge in [0.2, 0.25) is 0 Å². The maximum absolute atomic E-state index is 12.1. The number of amides is 1. The van der Waals surface area contributed by atoms with Gasteiger partial charge in [0, 0.05) is 13.1 Å². The number of hydrogen-bond donors (Lipinski definition) is 1. The summed E-state index contributed by atoms with van der Waals surface area (Å²) in [4.78, 5) is 38.5. The van der Waals surface area contributed by atoms with E-state index in [4.69, 9.17) is 15.2 Å². The standard InChI is InChI=1S/C16H14N2O5/c1-10(19)23-14-7-3-2-5-12(14)16(21)22-9-13-11(15(17)20)6-4-8-18-13/h2-8H,9H2,1H3,(H2,17,20). The number of nitrogens with zero attached hydrogens (tertiary/aromatic N) is 1. The van der Waals surface area contributed by atoms with Gasteiger partial charge in [-0.15, -0.1) is 0 Å². The van der Waals surface area contributed by atoms with Crippen molar-refractivity contribution in [2.24, 2.45) is 5.73 Å². The maximum Gasteiger partial charge on any atom is 0.342 e. The molecular weight excluding hydrogens is 300 g/mol. The summed E-state index contributed by atoms with van der Waals surface area (Å²) in [5.74, 6) is -1.82. The molecule has 118 valence electrons. The summed E-state index contributed by atoms with van der Waals surface area (Å²) in [6.45, 7) is 1.00. The zero-order valence-electron chi connectivity index (χ0n) is 12.3. The van der Waals surface area contributed by atoms with Crippen molar-refractivity contribution in [2.75, 3.05) is 0 Å². The second-order valence-electron chi connectivity index (χ2n) is 4.53. The molecule has 2 aromatic rings. The normalized spacial score (nSPS) is 9.96. The Morgan fingerprint density at radius 3 is 2.48 bits per heavy atom. The van der Waals surface area contributed by atoms with Gasteiger partial charge in [-0.05, 0) is 24.3 Å². The number of carbonyl (C=O) groups excluding carboxylic acids is 3. The molecule has 0 unspecified atom stereocenters. The van der Waals surface area contributed by atoms with Crippen LogP contribution in [0.4, 0.5) is 0 Å². The Morgan fingerprint density at radius 1 is 1.09 bits per heavy atom. The van der Waals surface area contributed by atoms with E-state index in [9.17, 15) is 14.4 Å². The molecule has 1 aromatic heterocycles. The Labute approximate surface area is 132 Å². The Balaban J connectivity index is 2.15. The molecule has 1 aromatic carbocycles. The predicted molar refractivity (Wildman–Crippen MR) is 79.6 cm³/mol. The second kappa shape index (κ2) is 7.17. The van der Waals surface area contributed by atoms with Crippen molar-refractivity contribution < 1.29 is 23.9 Å². The van der Waals surface area contributed by atoms with Crippen molar-refractivity contribution in [3.05, 3.63) is 59.4 Å². The lowest BCUT2D eigenvalue weighted by molar-refractivity contribution is -0.131. The van der Waals surface area contributed by atoms with Crippen LogP contribution in [0, 0.1) is 0 Å². The van der Waals surface area contributed by atoms with E-state index in [1.807, 2.05) is 0 Å². The average Bonchev–Trinajstić information content (AvgIpc) is 2.52. The van der Waals surface area contributed by atoms with Gasteiger partial charge in [0.1, 0.15) is 17.9 Å². The summed E-state index contributed by atoms with van der Waals surface area (Å²) in [6.07, 6.45) is 1.46. The monoisotopic (exact) mass is 314 g/mol. The molecular formula is C16H14N2O5. The molecule has 0 atom stereocenters. The molecule has 1 amide bonds. The largest absolute Gasteiger partial charge is 0.455 e. The third kappa shape index (κ3) is 4.13. The van der Waals surface area contributed by atoms with Crippen LogP contribution in [0.3, 0.4) is 0 Å². The highest BCUT2D eigenvalue weighted by molar-refractivity contribution is 5.95. The van der Waals surface area contributed by atoms with Crippen molar-refractivity contribution >= 4 is 17.8 Å². The second-order valence-corrected chi connectivity index (χ2v) is 4.53. The number of esters is 2. The lowest BCUT2D eigenvalue weighted by atomic mass is 10.2. The van der Waals surface area contributed by atoms with E-state index in [1.54, 1.807) is 18.2 Å². The van der Waals surface area contributed by atoms with Crippen LogP contribution in [0.2, 0.25) is 0 Å². The summed E-state index contributed by atoms with van der Waals surface area (Å²) >= 11 is 0. The lowest BCUT2D eigenvalue weighted by Crippen LogP contribution is -2.16. The van der Waals surface area contributed by atoms with Gasteiger partial charge in [-0.25, -0.2) is 4.79 Å². The minimum absolute atomic E-state index is 0.0965. The molecule has 23 heavy (non-hydrogen) atoms. The molecule has 0 fully saturated rings. The molecule has 7 nitrogen and oxygen atoms in total. The van der Waals surface area contributed by atoms with E-state index in [-0.39, 0.29) is 29.2 Å². The van der Waals surface area contributed by atoms with Gasteiger partial charge in [-0.1, -0.05) is 12.1 Å². The first-order chi connectivity index (χ1) is 11.0. The van der Waals surface area contributed by atoms with Crippen LogP contribution in [-0.4, -0.2) is 22.8 Å². The number of pyridine rings is 1. The fourth-order valence-electron chi connectivity index (χ4n) is 1.87. The first-order valence-corrected chi connectivity index (χ1v) is 6.67. The summed E-state index contributed by atoms with van der Waals surface area (Å²) in [6, 6.07) is 9.23. The van der Waals surface area contributed by atoms with Gasteiger partial charge in [0.15, 0.2) is 0 Å². The number of benzene rings is 1. The molecule has 0 aliphatic heterocycles. The van der Waals surface area contributed by atoms with Crippen LogP contribution in [0.15, 0.2) is 42.6 Å². The minimum Gasteiger partial charge on any atom is -0.455 e. The van der Waals surface area contributed by atoms with E-state index in [0.29, 0.717) is 0 Å². The zero-order valence-corrected chi connectivity index (χ0v) is 12.3. The first-order valence-electron chi connectivity index (χ1n) is 6.67. The summed E-state index contributed by atoms with van der Waals surface area (Å²) in [7, 11) is 0. The van der Waals surface area contributed by atoms with Gasteiger partial charge in [0.05, 0.1) is 11.3 Å². The van der Waals surface area contributed by atoms with Crippen molar-refractivity contribution in [1.29, 1.82) is 0 Å². The van der Waals surface area contributed by atoms with E-state index < -0.39 is 17.8 Å². The molecule has 0 saturated carbocycles. The topological polar surface area (TPSA) is 109 Å². The van der Waals surface area contributed by atoms with Gasteiger partial charge in [-0.2, -0.15) is 0 Å². The molecule has 0 bridgehead atoms. The number of hydrogen-bond acceptors (Lipinski definition) is 6. The number of para-hydroxylation sites is 1. The number of rotatable bonds is 5.